The summed E-state index contributed by atoms with van der Waals surface area (Å²) in [5, 5.41) is 2.74. The normalized spacial score (nSPS) is 16.5. The molecule has 1 aliphatic heterocycles. The van der Waals surface area contributed by atoms with Crippen molar-refractivity contribution in [3.63, 3.8) is 0 Å². The van der Waals surface area contributed by atoms with Gasteiger partial charge in [-0.2, -0.15) is 0 Å². The van der Waals surface area contributed by atoms with Gasteiger partial charge in [-0.25, -0.2) is 4.79 Å². The van der Waals surface area contributed by atoms with E-state index >= 15 is 0 Å². The van der Waals surface area contributed by atoms with Gasteiger partial charge in [0.2, 0.25) is 5.91 Å². The second-order valence-electron chi connectivity index (χ2n) is 6.72. The smallest absolute Gasteiger partial charge is 0.332 e. The largest absolute Gasteiger partial charge is 0.497 e. The molecule has 0 unspecified atom stereocenters. The number of urea groups is 1. The maximum atomic E-state index is 12.7. The van der Waals surface area contributed by atoms with E-state index in [1.54, 1.807) is 26.2 Å². The number of rotatable bonds is 6. The first-order chi connectivity index (χ1) is 13.4. The molecule has 2 aromatic rings. The monoisotopic (exact) mass is 381 g/mol. The van der Waals surface area contributed by atoms with E-state index in [9.17, 15) is 14.4 Å². The molecule has 3 rings (SSSR count). The van der Waals surface area contributed by atoms with Crippen LogP contribution in [0, 0.1) is 6.92 Å². The Bertz CT molecular complexity index is 895. The fourth-order valence-corrected chi connectivity index (χ4v) is 3.09. The molecule has 2 aromatic carbocycles. The minimum Gasteiger partial charge on any atom is -0.497 e. The van der Waals surface area contributed by atoms with Crippen molar-refractivity contribution in [3.8, 4) is 5.75 Å². The summed E-state index contributed by atoms with van der Waals surface area (Å²) >= 11 is 0. The number of hydrogen-bond acceptors (Lipinski definition) is 4. The molecule has 1 atom stereocenters. The second kappa shape index (κ2) is 8.12. The van der Waals surface area contributed by atoms with Crippen molar-refractivity contribution in [1.29, 1.82) is 0 Å². The molecular formula is C21H23N3O4. The maximum Gasteiger partial charge on any atom is 0.332 e. The van der Waals surface area contributed by atoms with Crippen molar-refractivity contribution in [2.45, 2.75) is 26.4 Å². The average molecular weight is 381 g/mol. The Kier molecular flexibility index (Phi) is 5.63. The van der Waals surface area contributed by atoms with E-state index in [1.807, 2.05) is 43.3 Å². The lowest BCUT2D eigenvalue weighted by Gasteiger charge is -2.19. The summed E-state index contributed by atoms with van der Waals surface area (Å²) in [7, 11) is 1.57. The van der Waals surface area contributed by atoms with E-state index in [1.165, 1.54) is 4.90 Å². The quantitative estimate of drug-likeness (QED) is 0.780. The van der Waals surface area contributed by atoms with Crippen LogP contribution in [0.4, 0.5) is 10.5 Å². The minimum atomic E-state index is -0.651. The summed E-state index contributed by atoms with van der Waals surface area (Å²) in [6.45, 7) is 3.58. The predicted octanol–water partition coefficient (Wildman–Crippen LogP) is 2.48. The van der Waals surface area contributed by atoms with Crippen molar-refractivity contribution < 1.29 is 19.1 Å². The van der Waals surface area contributed by atoms with Crippen LogP contribution in [-0.4, -0.2) is 42.4 Å². The zero-order valence-corrected chi connectivity index (χ0v) is 16.1. The highest BCUT2D eigenvalue weighted by Gasteiger charge is 2.43. The molecule has 0 saturated carbocycles. The fourth-order valence-electron chi connectivity index (χ4n) is 3.09. The molecule has 1 saturated heterocycles. The average Bonchev–Trinajstić information content (AvgIpc) is 2.91. The number of imide groups is 1. The van der Waals surface area contributed by atoms with E-state index in [4.69, 9.17) is 4.74 Å². The van der Waals surface area contributed by atoms with Crippen molar-refractivity contribution >= 4 is 23.5 Å². The molecule has 1 heterocycles. The molecule has 0 spiro atoms. The van der Waals surface area contributed by atoms with Gasteiger partial charge in [-0.3, -0.25) is 19.4 Å². The van der Waals surface area contributed by atoms with Crippen LogP contribution in [-0.2, 0) is 16.1 Å². The van der Waals surface area contributed by atoms with E-state index in [-0.39, 0.29) is 19.0 Å². The first-order valence-electron chi connectivity index (χ1n) is 9.01. The van der Waals surface area contributed by atoms with Gasteiger partial charge in [-0.15, -0.1) is 0 Å². The summed E-state index contributed by atoms with van der Waals surface area (Å²) < 4.78 is 5.15. The van der Waals surface area contributed by atoms with Crippen molar-refractivity contribution in [2.75, 3.05) is 18.6 Å². The topological polar surface area (TPSA) is 79.0 Å². The number of carbonyl (C=O) groups excluding carboxylic acids is 3. The van der Waals surface area contributed by atoms with Crippen LogP contribution in [0.3, 0.4) is 0 Å². The molecule has 0 radical (unpaired) electrons. The fraction of sp³-hybridized carbons (Fsp3) is 0.286. The molecule has 1 aliphatic rings. The Labute approximate surface area is 163 Å². The third kappa shape index (κ3) is 3.98. The Morgan fingerprint density at radius 1 is 1.14 bits per heavy atom. The molecule has 1 fully saturated rings. The first kappa shape index (κ1) is 19.4. The van der Waals surface area contributed by atoms with Crippen molar-refractivity contribution in [1.82, 2.24) is 10.2 Å². The highest BCUT2D eigenvalue weighted by atomic mass is 16.5. The lowest BCUT2D eigenvalue weighted by Crippen LogP contribution is -2.41. The van der Waals surface area contributed by atoms with Crippen molar-refractivity contribution in [3.05, 3.63) is 59.7 Å². The number of benzene rings is 2. The summed E-state index contributed by atoms with van der Waals surface area (Å²) in [6, 6.07) is 13.5. The van der Waals surface area contributed by atoms with Crippen LogP contribution < -0.4 is 15.0 Å². The maximum absolute atomic E-state index is 12.7. The minimum absolute atomic E-state index is 0.281. The van der Waals surface area contributed by atoms with Gasteiger partial charge in [0.05, 0.1) is 7.11 Å². The number of nitrogens with zero attached hydrogens (tertiary/aromatic N) is 2. The lowest BCUT2D eigenvalue weighted by atomic mass is 10.2. The van der Waals surface area contributed by atoms with Crippen LogP contribution in [0.1, 0.15) is 18.1 Å². The molecular weight excluding hydrogens is 358 g/mol. The van der Waals surface area contributed by atoms with Gasteiger partial charge in [0.15, 0.2) is 0 Å². The molecule has 7 nitrogen and oxygen atoms in total. The van der Waals surface area contributed by atoms with Gasteiger partial charge in [0.1, 0.15) is 18.3 Å². The molecule has 28 heavy (non-hydrogen) atoms. The number of ether oxygens (including phenoxy) is 1. The predicted molar refractivity (Wildman–Crippen MR) is 105 cm³/mol. The molecule has 0 bridgehead atoms. The molecule has 7 heteroatoms. The third-order valence-corrected chi connectivity index (χ3v) is 4.69. The van der Waals surface area contributed by atoms with Crippen LogP contribution in [0.25, 0.3) is 0 Å². The summed E-state index contributed by atoms with van der Waals surface area (Å²) in [6.07, 6.45) is 0. The van der Waals surface area contributed by atoms with Gasteiger partial charge in [-0.1, -0.05) is 29.8 Å². The number of anilines is 1. The Balaban J connectivity index is 1.64. The van der Waals surface area contributed by atoms with Crippen LogP contribution >= 0.6 is 0 Å². The Morgan fingerprint density at radius 3 is 2.54 bits per heavy atom. The van der Waals surface area contributed by atoms with Crippen LogP contribution in [0.2, 0.25) is 0 Å². The number of nitrogens with one attached hydrogen (secondary N) is 1. The number of methoxy groups -OCH3 is 1. The molecule has 1 N–H and O–H groups in total. The summed E-state index contributed by atoms with van der Waals surface area (Å²) in [4.78, 5) is 40.0. The van der Waals surface area contributed by atoms with E-state index < -0.39 is 18.0 Å². The number of aryl methyl sites for hydroxylation is 1. The zero-order valence-electron chi connectivity index (χ0n) is 16.1. The van der Waals surface area contributed by atoms with E-state index in [0.29, 0.717) is 11.4 Å². The highest BCUT2D eigenvalue weighted by Crippen LogP contribution is 2.25. The van der Waals surface area contributed by atoms with Crippen LogP contribution in [0.5, 0.6) is 5.75 Å². The second-order valence-corrected chi connectivity index (χ2v) is 6.72. The standard InChI is InChI=1S/C21H23N3O4/c1-14-7-9-17(10-8-14)24-15(2)20(26)23(21(24)27)13-19(25)22-12-16-5-4-6-18(11-16)28-3/h4-11,15H,12-13H2,1-3H3,(H,22,25)/t15-/m0/s1. The number of carbonyl (C=O) groups is 3. The molecule has 0 aliphatic carbocycles. The van der Waals surface area contributed by atoms with Gasteiger partial charge >= 0.3 is 6.03 Å². The SMILES string of the molecule is COc1cccc(CNC(=O)CN2C(=O)[C@H](C)N(c3ccc(C)cc3)C2=O)c1. The molecule has 146 valence electrons. The molecule has 0 aromatic heterocycles. The van der Waals surface area contributed by atoms with Gasteiger partial charge < -0.3 is 10.1 Å². The van der Waals surface area contributed by atoms with Gasteiger partial charge in [-0.05, 0) is 43.7 Å². The van der Waals surface area contributed by atoms with E-state index in [0.717, 1.165) is 16.0 Å². The van der Waals surface area contributed by atoms with E-state index in [2.05, 4.69) is 5.32 Å². The summed E-state index contributed by atoms with van der Waals surface area (Å²) in [5.41, 5.74) is 2.56. The third-order valence-electron chi connectivity index (χ3n) is 4.69. The van der Waals surface area contributed by atoms with Gasteiger partial charge in [0, 0.05) is 12.2 Å². The number of amides is 4. The van der Waals surface area contributed by atoms with Crippen molar-refractivity contribution in [2.24, 2.45) is 0 Å². The zero-order chi connectivity index (χ0) is 20.3. The van der Waals surface area contributed by atoms with Gasteiger partial charge in [0.25, 0.3) is 5.91 Å². The van der Waals surface area contributed by atoms with Crippen LogP contribution in [0.15, 0.2) is 48.5 Å². The Hall–Kier alpha value is -3.35. The first-order valence-corrected chi connectivity index (χ1v) is 9.01. The molecule has 4 amide bonds. The highest BCUT2D eigenvalue weighted by molar-refractivity contribution is 6.15. The lowest BCUT2D eigenvalue weighted by molar-refractivity contribution is -0.131. The summed E-state index contributed by atoms with van der Waals surface area (Å²) in [5.74, 6) is -0.0937. The Morgan fingerprint density at radius 2 is 1.86 bits per heavy atom. The number of hydrogen-bond donors (Lipinski definition) is 1.